The van der Waals surface area contributed by atoms with Gasteiger partial charge in [0.2, 0.25) is 0 Å². The van der Waals surface area contributed by atoms with Gasteiger partial charge in [-0.1, -0.05) is 36.4 Å². The van der Waals surface area contributed by atoms with Crippen LogP contribution >= 0.6 is 24.8 Å². The zero-order chi connectivity index (χ0) is 17.8. The smallest absolute Gasteiger partial charge is 0.119 e. The molecule has 28 heavy (non-hydrogen) atoms. The molecule has 4 rings (SSSR count). The fraction of sp³-hybridized carbons (Fsp3) is 0.478. The van der Waals surface area contributed by atoms with Gasteiger partial charge in [-0.3, -0.25) is 4.90 Å². The van der Waals surface area contributed by atoms with Gasteiger partial charge >= 0.3 is 0 Å². The second-order valence-electron chi connectivity index (χ2n) is 7.81. The Bertz CT molecular complexity index is 718. The molecule has 2 aromatic carbocycles. The summed E-state index contributed by atoms with van der Waals surface area (Å²) in [5.41, 5.74) is 4.46. The highest BCUT2D eigenvalue weighted by Crippen LogP contribution is 2.29. The van der Waals surface area contributed by atoms with E-state index in [1.807, 2.05) is 0 Å². The van der Waals surface area contributed by atoms with E-state index in [-0.39, 0.29) is 24.8 Å². The number of benzene rings is 2. The number of aryl methyl sites for hydroxylation is 1. The lowest BCUT2D eigenvalue weighted by Gasteiger charge is -2.37. The summed E-state index contributed by atoms with van der Waals surface area (Å²) in [6.45, 7) is 7.14. The first kappa shape index (κ1) is 23.0. The Hall–Kier alpha value is -1.26. The van der Waals surface area contributed by atoms with E-state index in [1.54, 1.807) is 7.11 Å². The number of hydrogen-bond acceptors (Lipinski definition) is 3. The molecule has 2 aromatic rings. The minimum Gasteiger partial charge on any atom is -0.497 e. The zero-order valence-corrected chi connectivity index (χ0v) is 18.3. The molecule has 154 valence electrons. The molecule has 0 N–H and O–H groups in total. The molecule has 0 amide bonds. The quantitative estimate of drug-likeness (QED) is 0.706. The minimum absolute atomic E-state index is 0. The lowest BCUT2D eigenvalue weighted by atomic mass is 9.83. The molecule has 2 aliphatic rings. The predicted octanol–water partition coefficient (Wildman–Crippen LogP) is 4.46. The topological polar surface area (TPSA) is 15.7 Å². The Balaban J connectivity index is 0.00000140. The van der Waals surface area contributed by atoms with Crippen molar-refractivity contribution in [3.05, 3.63) is 65.2 Å². The standard InChI is InChI=1S/C23H30N2O.2ClH/c1-26-23-10-9-21-15-20(7-8-22(21)16-23)18-25-13-11-24(12-14-25)17-19-5-3-2-4-6-19;;/h2-6,9-10,16,20H,7-8,11-15,17-18H2,1H3;2*1H. The molecule has 0 saturated carbocycles. The van der Waals surface area contributed by atoms with Crippen LogP contribution in [-0.4, -0.2) is 49.6 Å². The molecular weight excluding hydrogens is 391 g/mol. The molecule has 3 nitrogen and oxygen atoms in total. The van der Waals surface area contributed by atoms with Crippen molar-refractivity contribution < 1.29 is 4.74 Å². The number of methoxy groups -OCH3 is 1. The number of ether oxygens (including phenoxy) is 1. The molecule has 1 saturated heterocycles. The lowest BCUT2D eigenvalue weighted by molar-refractivity contribution is 0.110. The summed E-state index contributed by atoms with van der Waals surface area (Å²) in [7, 11) is 1.75. The minimum atomic E-state index is 0. The van der Waals surface area contributed by atoms with Crippen LogP contribution in [0.25, 0.3) is 0 Å². The van der Waals surface area contributed by atoms with Crippen molar-refractivity contribution in [3.63, 3.8) is 0 Å². The molecule has 0 aromatic heterocycles. The summed E-state index contributed by atoms with van der Waals surface area (Å²) in [5, 5.41) is 0. The highest BCUT2D eigenvalue weighted by atomic mass is 35.5. The van der Waals surface area contributed by atoms with E-state index in [2.05, 4.69) is 58.3 Å². The van der Waals surface area contributed by atoms with Crippen LogP contribution in [0, 0.1) is 5.92 Å². The molecule has 1 atom stereocenters. The maximum absolute atomic E-state index is 5.37. The monoisotopic (exact) mass is 422 g/mol. The first-order valence-electron chi connectivity index (χ1n) is 9.94. The van der Waals surface area contributed by atoms with E-state index >= 15 is 0 Å². The van der Waals surface area contributed by atoms with Crippen LogP contribution in [0.3, 0.4) is 0 Å². The molecule has 1 unspecified atom stereocenters. The largest absolute Gasteiger partial charge is 0.497 e. The van der Waals surface area contributed by atoms with E-state index in [4.69, 9.17) is 4.74 Å². The first-order valence-corrected chi connectivity index (χ1v) is 9.94. The molecule has 5 heteroatoms. The van der Waals surface area contributed by atoms with E-state index in [9.17, 15) is 0 Å². The summed E-state index contributed by atoms with van der Waals surface area (Å²) in [5.74, 6) is 1.80. The van der Waals surface area contributed by atoms with Gasteiger partial charge in [0.05, 0.1) is 7.11 Å². The van der Waals surface area contributed by atoms with Crippen molar-refractivity contribution >= 4 is 24.8 Å². The third-order valence-electron chi connectivity index (χ3n) is 5.97. The normalized spacial score (nSPS) is 19.8. The Labute approximate surface area is 181 Å². The van der Waals surface area contributed by atoms with Gasteiger partial charge in [-0.05, 0) is 54.0 Å². The fourth-order valence-electron chi connectivity index (χ4n) is 4.43. The molecule has 1 aliphatic heterocycles. The van der Waals surface area contributed by atoms with Crippen LogP contribution in [0.4, 0.5) is 0 Å². The lowest BCUT2D eigenvalue weighted by Crippen LogP contribution is -2.47. The van der Waals surface area contributed by atoms with Gasteiger partial charge < -0.3 is 9.64 Å². The van der Waals surface area contributed by atoms with E-state index in [0.29, 0.717) is 0 Å². The summed E-state index contributed by atoms with van der Waals surface area (Å²) < 4.78 is 5.37. The third-order valence-corrected chi connectivity index (χ3v) is 5.97. The Kier molecular flexibility index (Phi) is 9.10. The number of nitrogens with zero attached hydrogens (tertiary/aromatic N) is 2. The van der Waals surface area contributed by atoms with Crippen molar-refractivity contribution in [2.75, 3.05) is 39.8 Å². The van der Waals surface area contributed by atoms with E-state index in [1.165, 1.54) is 68.7 Å². The van der Waals surface area contributed by atoms with Crippen LogP contribution in [0.1, 0.15) is 23.1 Å². The van der Waals surface area contributed by atoms with Crippen LogP contribution in [0.15, 0.2) is 48.5 Å². The highest BCUT2D eigenvalue weighted by Gasteiger charge is 2.24. The zero-order valence-electron chi connectivity index (χ0n) is 16.7. The second kappa shape index (κ2) is 11.1. The van der Waals surface area contributed by atoms with Gasteiger partial charge in [0.15, 0.2) is 0 Å². The van der Waals surface area contributed by atoms with E-state index < -0.39 is 0 Å². The molecule has 0 spiro atoms. The summed E-state index contributed by atoms with van der Waals surface area (Å²) >= 11 is 0. The number of fused-ring (bicyclic) bond motifs is 1. The molecule has 1 heterocycles. The average molecular weight is 423 g/mol. The van der Waals surface area contributed by atoms with Crippen LogP contribution < -0.4 is 4.74 Å². The number of hydrogen-bond donors (Lipinski definition) is 0. The van der Waals surface area contributed by atoms with Crippen molar-refractivity contribution in [2.24, 2.45) is 5.92 Å². The van der Waals surface area contributed by atoms with Gasteiger partial charge in [-0.25, -0.2) is 0 Å². The molecule has 0 radical (unpaired) electrons. The third kappa shape index (κ3) is 5.87. The summed E-state index contributed by atoms with van der Waals surface area (Å²) in [6, 6.07) is 17.5. The van der Waals surface area contributed by atoms with Crippen LogP contribution in [0.5, 0.6) is 5.75 Å². The molecule has 1 aliphatic carbocycles. The highest BCUT2D eigenvalue weighted by molar-refractivity contribution is 5.85. The van der Waals surface area contributed by atoms with Gasteiger partial charge in [-0.15, -0.1) is 24.8 Å². The fourth-order valence-corrected chi connectivity index (χ4v) is 4.43. The molecule has 0 bridgehead atoms. The average Bonchev–Trinajstić information content (AvgIpc) is 2.70. The van der Waals surface area contributed by atoms with Gasteiger partial charge in [0, 0.05) is 39.3 Å². The van der Waals surface area contributed by atoms with Crippen molar-refractivity contribution in [2.45, 2.75) is 25.8 Å². The van der Waals surface area contributed by atoms with E-state index in [0.717, 1.165) is 18.2 Å². The Morgan fingerprint density at radius 2 is 1.61 bits per heavy atom. The first-order chi connectivity index (χ1) is 12.8. The van der Waals surface area contributed by atoms with Crippen molar-refractivity contribution in [3.8, 4) is 5.75 Å². The molecule has 1 fully saturated rings. The maximum atomic E-state index is 5.37. The van der Waals surface area contributed by atoms with Crippen LogP contribution in [0.2, 0.25) is 0 Å². The number of halogens is 2. The van der Waals surface area contributed by atoms with Gasteiger partial charge in [0.25, 0.3) is 0 Å². The predicted molar refractivity (Wildman–Crippen MR) is 121 cm³/mol. The maximum Gasteiger partial charge on any atom is 0.119 e. The summed E-state index contributed by atoms with van der Waals surface area (Å²) in [4.78, 5) is 5.27. The van der Waals surface area contributed by atoms with Gasteiger partial charge in [0.1, 0.15) is 5.75 Å². The van der Waals surface area contributed by atoms with Crippen molar-refractivity contribution in [1.82, 2.24) is 9.80 Å². The van der Waals surface area contributed by atoms with Crippen LogP contribution in [-0.2, 0) is 19.4 Å². The Morgan fingerprint density at radius 3 is 2.32 bits per heavy atom. The molecular formula is C23H32Cl2N2O. The second-order valence-corrected chi connectivity index (χ2v) is 7.81. The number of piperazine rings is 1. The summed E-state index contributed by atoms with van der Waals surface area (Å²) in [6.07, 6.45) is 3.74. The van der Waals surface area contributed by atoms with Gasteiger partial charge in [-0.2, -0.15) is 0 Å². The van der Waals surface area contributed by atoms with Crippen molar-refractivity contribution in [1.29, 1.82) is 0 Å². The SMILES string of the molecule is COc1ccc2c(c1)CCC(CN1CCN(Cc3ccccc3)CC1)C2.Cl.Cl. The number of rotatable bonds is 5. The Morgan fingerprint density at radius 1 is 0.893 bits per heavy atom.